The molecular formula is C25H35NO3S. The van der Waals surface area contributed by atoms with Crippen molar-refractivity contribution in [2.75, 3.05) is 13.2 Å². The van der Waals surface area contributed by atoms with Crippen LogP contribution in [0.5, 0.6) is 0 Å². The molecule has 30 heavy (non-hydrogen) atoms. The van der Waals surface area contributed by atoms with Crippen molar-refractivity contribution in [2.45, 2.75) is 70.2 Å². The summed E-state index contributed by atoms with van der Waals surface area (Å²) in [5.74, 6) is 1.53. The summed E-state index contributed by atoms with van der Waals surface area (Å²) < 4.78 is 12.1. The Labute approximate surface area is 184 Å². The second kappa shape index (κ2) is 11.1. The van der Waals surface area contributed by atoms with Crippen LogP contribution in [-0.4, -0.2) is 29.3 Å². The molecule has 1 aliphatic heterocycles. The van der Waals surface area contributed by atoms with E-state index < -0.39 is 5.60 Å². The van der Waals surface area contributed by atoms with Crippen molar-refractivity contribution >= 4 is 11.3 Å². The molecule has 1 N–H and O–H groups in total. The fourth-order valence-corrected chi connectivity index (χ4v) is 4.97. The highest BCUT2D eigenvalue weighted by Gasteiger charge is 2.31. The van der Waals surface area contributed by atoms with E-state index in [1.54, 1.807) is 0 Å². The molecule has 0 amide bonds. The maximum absolute atomic E-state index is 11.2. The van der Waals surface area contributed by atoms with Gasteiger partial charge in [0.25, 0.3) is 0 Å². The lowest BCUT2D eigenvalue weighted by Gasteiger charge is -2.26. The maximum Gasteiger partial charge on any atom is 0.135 e. The minimum absolute atomic E-state index is 0.289. The number of hydrogen-bond acceptors (Lipinski definition) is 5. The van der Waals surface area contributed by atoms with Crippen molar-refractivity contribution < 1.29 is 14.3 Å². The van der Waals surface area contributed by atoms with E-state index in [2.05, 4.69) is 37.1 Å². The van der Waals surface area contributed by atoms with Gasteiger partial charge >= 0.3 is 0 Å². The molecule has 1 atom stereocenters. The molecule has 0 spiro atoms. The van der Waals surface area contributed by atoms with E-state index in [1.807, 2.05) is 35.6 Å². The monoisotopic (exact) mass is 429 g/mol. The number of ether oxygens (including phenoxy) is 1. The lowest BCUT2D eigenvalue weighted by molar-refractivity contribution is -0.00260. The van der Waals surface area contributed by atoms with Crippen LogP contribution >= 0.6 is 11.3 Å². The summed E-state index contributed by atoms with van der Waals surface area (Å²) in [6, 6.07) is 8.32. The van der Waals surface area contributed by atoms with Gasteiger partial charge in [0.1, 0.15) is 17.1 Å². The van der Waals surface area contributed by atoms with Gasteiger partial charge < -0.3 is 14.3 Å². The van der Waals surface area contributed by atoms with Crippen LogP contribution < -0.4 is 0 Å². The van der Waals surface area contributed by atoms with Gasteiger partial charge in [-0.2, -0.15) is 0 Å². The average Bonchev–Trinajstić information content (AvgIpc) is 3.48. The van der Waals surface area contributed by atoms with Crippen LogP contribution in [-0.2, 0) is 23.4 Å². The Kier molecular flexibility index (Phi) is 8.51. The van der Waals surface area contributed by atoms with Gasteiger partial charge in [0.05, 0.1) is 12.6 Å². The second-order valence-electron chi connectivity index (χ2n) is 8.27. The number of thiophene rings is 1. The predicted octanol–water partition coefficient (Wildman–Crippen LogP) is 5.95. The first-order valence-electron chi connectivity index (χ1n) is 10.9. The van der Waals surface area contributed by atoms with E-state index in [0.29, 0.717) is 25.1 Å². The van der Waals surface area contributed by atoms with Crippen LogP contribution in [0, 0.1) is 6.92 Å². The van der Waals surface area contributed by atoms with E-state index in [0.717, 1.165) is 51.1 Å². The van der Waals surface area contributed by atoms with Gasteiger partial charge in [-0.25, -0.2) is 0 Å². The van der Waals surface area contributed by atoms with Crippen LogP contribution in [0.2, 0.25) is 0 Å². The van der Waals surface area contributed by atoms with Crippen molar-refractivity contribution in [3.8, 4) is 0 Å². The zero-order valence-electron chi connectivity index (χ0n) is 18.1. The summed E-state index contributed by atoms with van der Waals surface area (Å²) in [6.07, 6.45) is 8.92. The minimum Gasteiger partial charge on any atom is -0.462 e. The van der Waals surface area contributed by atoms with Crippen LogP contribution in [0.3, 0.4) is 0 Å². The van der Waals surface area contributed by atoms with E-state index >= 15 is 0 Å². The Morgan fingerprint density at radius 3 is 2.53 bits per heavy atom. The molecule has 4 nitrogen and oxygen atoms in total. The molecule has 5 heteroatoms. The highest BCUT2D eigenvalue weighted by atomic mass is 32.1. The van der Waals surface area contributed by atoms with Gasteiger partial charge in [0.2, 0.25) is 0 Å². The molecule has 1 aliphatic rings. The topological polar surface area (TPSA) is 45.8 Å². The third-order valence-corrected chi connectivity index (χ3v) is 6.67. The maximum atomic E-state index is 11.2. The number of allylic oxidation sites excluding steroid dienone is 2. The highest BCUT2D eigenvalue weighted by Crippen LogP contribution is 2.33. The molecule has 0 aliphatic carbocycles. The summed E-state index contributed by atoms with van der Waals surface area (Å²) in [6.45, 7) is 13.1. The van der Waals surface area contributed by atoms with Crippen LogP contribution in [0.15, 0.2) is 54.0 Å². The predicted molar refractivity (Wildman–Crippen MR) is 124 cm³/mol. The van der Waals surface area contributed by atoms with Crippen molar-refractivity contribution in [1.29, 1.82) is 0 Å². The highest BCUT2D eigenvalue weighted by molar-refractivity contribution is 7.11. The summed E-state index contributed by atoms with van der Waals surface area (Å²) in [7, 11) is 0. The van der Waals surface area contributed by atoms with Gasteiger partial charge in [-0.15, -0.1) is 24.5 Å². The number of nitrogens with zero attached hydrogens (tertiary/aromatic N) is 1. The average molecular weight is 430 g/mol. The molecule has 1 fully saturated rings. The zero-order chi connectivity index (χ0) is 21.4. The molecule has 0 saturated carbocycles. The Morgan fingerprint density at radius 1 is 1.17 bits per heavy atom. The van der Waals surface area contributed by atoms with Crippen molar-refractivity contribution in [3.05, 3.63) is 70.9 Å². The van der Waals surface area contributed by atoms with Crippen LogP contribution in [0.4, 0.5) is 0 Å². The molecule has 0 bridgehead atoms. The molecule has 0 radical (unpaired) electrons. The van der Waals surface area contributed by atoms with E-state index in [1.165, 1.54) is 9.75 Å². The van der Waals surface area contributed by atoms with Gasteiger partial charge in [-0.1, -0.05) is 12.2 Å². The zero-order valence-corrected chi connectivity index (χ0v) is 19.0. The molecule has 3 rings (SSSR count). The third-order valence-electron chi connectivity index (χ3n) is 5.69. The smallest absolute Gasteiger partial charge is 0.135 e. The summed E-state index contributed by atoms with van der Waals surface area (Å²) >= 11 is 1.84. The van der Waals surface area contributed by atoms with Crippen molar-refractivity contribution in [2.24, 2.45) is 0 Å². The summed E-state index contributed by atoms with van der Waals surface area (Å²) in [5, 5.41) is 11.2. The van der Waals surface area contributed by atoms with Gasteiger partial charge in [-0.05, 0) is 69.7 Å². The number of rotatable bonds is 13. The Morgan fingerprint density at radius 2 is 1.93 bits per heavy atom. The SMILES string of the molecule is C=CCCC(O)(CCC=C)c1ccc(CN(Cc2ccc(C)s2)C[C@@H]2CCCO2)o1. The number of hydrogen-bond donors (Lipinski definition) is 1. The number of aryl methyl sites for hydroxylation is 1. The van der Waals surface area contributed by atoms with E-state index in [4.69, 9.17) is 9.15 Å². The molecule has 1 saturated heterocycles. The Balaban J connectivity index is 1.72. The molecule has 2 aromatic rings. The minimum atomic E-state index is -0.981. The van der Waals surface area contributed by atoms with Gasteiger partial charge in [0, 0.05) is 29.5 Å². The first kappa shape index (κ1) is 23.0. The molecule has 0 aromatic carbocycles. The molecule has 3 heterocycles. The van der Waals surface area contributed by atoms with Crippen LogP contribution in [0.25, 0.3) is 0 Å². The van der Waals surface area contributed by atoms with Gasteiger partial charge in [0.15, 0.2) is 0 Å². The largest absolute Gasteiger partial charge is 0.462 e. The fourth-order valence-electron chi connectivity index (χ4n) is 4.04. The first-order chi connectivity index (χ1) is 14.5. The van der Waals surface area contributed by atoms with E-state index in [9.17, 15) is 5.11 Å². The Hall–Kier alpha value is -1.66. The molecule has 164 valence electrons. The lowest BCUT2D eigenvalue weighted by atomic mass is 9.89. The lowest BCUT2D eigenvalue weighted by Crippen LogP contribution is -2.31. The molecule has 0 unspecified atom stereocenters. The third kappa shape index (κ3) is 6.42. The number of furan rings is 1. The van der Waals surface area contributed by atoms with Crippen molar-refractivity contribution in [1.82, 2.24) is 4.90 Å². The van der Waals surface area contributed by atoms with Crippen molar-refractivity contribution in [3.63, 3.8) is 0 Å². The molecular weight excluding hydrogens is 394 g/mol. The number of aliphatic hydroxyl groups is 1. The summed E-state index contributed by atoms with van der Waals surface area (Å²) in [4.78, 5) is 5.08. The standard InChI is InChI=1S/C25H35NO3S/c1-4-6-14-25(27,15-7-5-2)24-13-11-22(29-24)18-26(17-21-9-8-16-28-21)19-23-12-10-20(3)30-23/h4-5,10-13,21,27H,1-2,6-9,14-19H2,3H3/t21-/m0/s1. The van der Waals surface area contributed by atoms with E-state index in [-0.39, 0.29) is 6.10 Å². The molecule has 2 aromatic heterocycles. The Bertz CT molecular complexity index is 791. The fraction of sp³-hybridized carbons (Fsp3) is 0.520. The summed E-state index contributed by atoms with van der Waals surface area (Å²) in [5.41, 5.74) is -0.981. The second-order valence-corrected chi connectivity index (χ2v) is 9.64. The van der Waals surface area contributed by atoms with Gasteiger partial charge in [-0.3, -0.25) is 4.90 Å². The normalized spacial score (nSPS) is 17.0. The quantitative estimate of drug-likeness (QED) is 0.400. The van der Waals surface area contributed by atoms with Crippen LogP contribution in [0.1, 0.15) is 59.8 Å². The first-order valence-corrected chi connectivity index (χ1v) is 11.8.